The lowest BCUT2D eigenvalue weighted by Gasteiger charge is -2.07. The van der Waals surface area contributed by atoms with Gasteiger partial charge in [-0.25, -0.2) is 4.98 Å². The van der Waals surface area contributed by atoms with Gasteiger partial charge in [-0.05, 0) is 13.3 Å². The zero-order valence-electron chi connectivity index (χ0n) is 13.0. The number of aryl methyl sites for hydroxylation is 1. The molecular weight excluding hydrogens is 276 g/mol. The number of nitrogens with zero attached hydrogens (tertiary/aromatic N) is 4. The molecule has 0 atom stereocenters. The van der Waals surface area contributed by atoms with Crippen molar-refractivity contribution in [2.45, 2.75) is 33.2 Å². The van der Waals surface area contributed by atoms with Gasteiger partial charge in [-0.1, -0.05) is 43.2 Å². The van der Waals surface area contributed by atoms with Crippen molar-refractivity contribution in [3.8, 4) is 11.4 Å². The first-order valence-electron chi connectivity index (χ1n) is 7.63. The molecule has 0 fully saturated rings. The van der Waals surface area contributed by atoms with Crippen LogP contribution in [0.1, 0.15) is 31.2 Å². The predicted octanol–water partition coefficient (Wildman–Crippen LogP) is 2.87. The lowest BCUT2D eigenvalue weighted by Crippen LogP contribution is -2.27. The van der Waals surface area contributed by atoms with Gasteiger partial charge < -0.3 is 5.11 Å². The Labute approximate surface area is 129 Å². The van der Waals surface area contributed by atoms with Crippen LogP contribution in [0, 0.1) is 6.92 Å². The minimum atomic E-state index is 0.294. The lowest BCUT2D eigenvalue weighted by atomic mass is 10.1. The van der Waals surface area contributed by atoms with E-state index in [-0.39, 0.29) is 0 Å². The Bertz CT molecular complexity index is 772. The Morgan fingerprint density at radius 3 is 2.73 bits per heavy atom. The number of aromatic nitrogens is 3. The van der Waals surface area contributed by atoms with E-state index in [1.165, 1.54) is 5.56 Å². The van der Waals surface area contributed by atoms with Crippen LogP contribution in [0.25, 0.3) is 17.5 Å². The van der Waals surface area contributed by atoms with E-state index in [2.05, 4.69) is 28.8 Å². The summed E-state index contributed by atoms with van der Waals surface area (Å²) in [7, 11) is 0. The molecule has 0 aliphatic carbocycles. The normalized spacial score (nSPS) is 14.1. The van der Waals surface area contributed by atoms with Crippen LogP contribution in [0.4, 0.5) is 0 Å². The molecular formula is C17H20N4O. The number of aliphatic hydroxyl groups is 1. The maximum absolute atomic E-state index is 9.78. The van der Waals surface area contributed by atoms with Gasteiger partial charge in [0, 0.05) is 18.2 Å². The molecule has 1 N–H and O–H groups in total. The third kappa shape index (κ3) is 2.93. The van der Waals surface area contributed by atoms with Crippen molar-refractivity contribution in [3.05, 3.63) is 47.0 Å². The number of aliphatic hydroxyl groups excluding tert-OH is 1. The van der Waals surface area contributed by atoms with Crippen LogP contribution in [-0.4, -0.2) is 26.2 Å². The fourth-order valence-electron chi connectivity index (χ4n) is 2.36. The van der Waals surface area contributed by atoms with Crippen LogP contribution in [0.3, 0.4) is 0 Å². The van der Waals surface area contributed by atoms with E-state index in [0.29, 0.717) is 29.6 Å². The molecule has 5 nitrogen and oxygen atoms in total. The molecule has 0 bridgehead atoms. The molecule has 2 heterocycles. The van der Waals surface area contributed by atoms with Gasteiger partial charge in [-0.3, -0.25) is 9.56 Å². The van der Waals surface area contributed by atoms with Gasteiger partial charge in [0.25, 0.3) is 0 Å². The summed E-state index contributed by atoms with van der Waals surface area (Å²) in [5, 5.41) is 9.78. The monoisotopic (exact) mass is 296 g/mol. The largest absolute Gasteiger partial charge is 0.510 e. The zero-order chi connectivity index (χ0) is 15.5. The van der Waals surface area contributed by atoms with Crippen molar-refractivity contribution >= 4 is 6.08 Å². The van der Waals surface area contributed by atoms with E-state index in [1.54, 1.807) is 6.08 Å². The molecule has 0 unspecified atom stereocenters. The highest BCUT2D eigenvalue weighted by atomic mass is 16.3. The van der Waals surface area contributed by atoms with Gasteiger partial charge in [0.15, 0.2) is 5.82 Å². The lowest BCUT2D eigenvalue weighted by molar-refractivity contribution is 0.385. The number of fused-ring (bicyclic) bond motifs is 1. The van der Waals surface area contributed by atoms with E-state index >= 15 is 0 Å². The molecule has 0 amide bonds. The third-order valence-corrected chi connectivity index (χ3v) is 3.63. The highest BCUT2D eigenvalue weighted by molar-refractivity contribution is 5.57. The van der Waals surface area contributed by atoms with Crippen molar-refractivity contribution < 1.29 is 5.11 Å². The Kier molecular flexibility index (Phi) is 4.04. The third-order valence-electron chi connectivity index (χ3n) is 3.63. The van der Waals surface area contributed by atoms with Crippen molar-refractivity contribution in [2.24, 2.45) is 4.99 Å². The Hall–Kier alpha value is -2.43. The highest BCUT2D eigenvalue weighted by Gasteiger charge is 2.16. The second-order valence-electron chi connectivity index (χ2n) is 5.53. The van der Waals surface area contributed by atoms with Crippen molar-refractivity contribution in [1.82, 2.24) is 14.5 Å². The Balaban J connectivity index is 2.08. The molecule has 1 aliphatic heterocycles. The average molecular weight is 296 g/mol. The van der Waals surface area contributed by atoms with E-state index in [0.717, 1.165) is 24.9 Å². The first-order chi connectivity index (χ1) is 10.7. The Morgan fingerprint density at radius 1 is 1.23 bits per heavy atom. The number of benzene rings is 1. The molecule has 22 heavy (non-hydrogen) atoms. The van der Waals surface area contributed by atoms with E-state index in [9.17, 15) is 5.11 Å². The smallest absolute Gasteiger partial charge is 0.228 e. The number of hydrogen-bond donors (Lipinski definition) is 1. The molecule has 1 aliphatic rings. The van der Waals surface area contributed by atoms with Crippen LogP contribution in [0.5, 0.6) is 0 Å². The van der Waals surface area contributed by atoms with Crippen molar-refractivity contribution in [1.29, 1.82) is 0 Å². The second kappa shape index (κ2) is 6.13. The van der Waals surface area contributed by atoms with Gasteiger partial charge in [0.1, 0.15) is 11.6 Å². The number of allylic oxidation sites excluding steroid dienone is 1. The molecule has 0 saturated heterocycles. The van der Waals surface area contributed by atoms with Gasteiger partial charge in [-0.15, -0.1) is 0 Å². The standard InChI is InChI=1S/C17H20N4O/c1-3-4-9-18-17-20-16(13-7-5-12(2)6-8-13)19-15-10-14(22)11-21(15)17/h5-8,10,22H,3-4,9,11H2,1-2H3. The number of hydrogen-bond acceptors (Lipinski definition) is 4. The van der Waals surface area contributed by atoms with Crippen LogP contribution in [0.2, 0.25) is 0 Å². The second-order valence-corrected chi connectivity index (χ2v) is 5.53. The average Bonchev–Trinajstić information content (AvgIpc) is 2.88. The SMILES string of the molecule is CCCCN=c1nc(-c2ccc(C)cc2)nc2n1CC(O)=C2. The van der Waals surface area contributed by atoms with Crippen LogP contribution >= 0.6 is 0 Å². The van der Waals surface area contributed by atoms with E-state index in [1.807, 2.05) is 28.8 Å². The van der Waals surface area contributed by atoms with Gasteiger partial charge in [0.2, 0.25) is 5.62 Å². The number of unbranched alkanes of at least 4 members (excludes halogenated alkanes) is 1. The quantitative estimate of drug-likeness (QED) is 0.882. The van der Waals surface area contributed by atoms with Crippen molar-refractivity contribution in [2.75, 3.05) is 6.54 Å². The van der Waals surface area contributed by atoms with E-state index in [4.69, 9.17) is 0 Å². The molecule has 114 valence electrons. The summed E-state index contributed by atoms with van der Waals surface area (Å²) in [5.74, 6) is 1.65. The molecule has 5 heteroatoms. The molecule has 0 radical (unpaired) electrons. The summed E-state index contributed by atoms with van der Waals surface area (Å²) in [5.41, 5.74) is 2.79. The van der Waals surface area contributed by atoms with Gasteiger partial charge in [0.05, 0.1) is 6.54 Å². The Morgan fingerprint density at radius 2 is 2.00 bits per heavy atom. The summed E-state index contributed by atoms with van der Waals surface area (Å²) in [6.07, 6.45) is 3.80. The summed E-state index contributed by atoms with van der Waals surface area (Å²) < 4.78 is 1.85. The zero-order valence-corrected chi connectivity index (χ0v) is 13.0. The fourth-order valence-corrected chi connectivity index (χ4v) is 2.36. The minimum absolute atomic E-state index is 0.294. The van der Waals surface area contributed by atoms with E-state index < -0.39 is 0 Å². The molecule has 0 spiro atoms. The first-order valence-corrected chi connectivity index (χ1v) is 7.63. The highest BCUT2D eigenvalue weighted by Crippen LogP contribution is 2.17. The van der Waals surface area contributed by atoms with Crippen LogP contribution < -0.4 is 5.62 Å². The molecule has 0 saturated carbocycles. The molecule has 2 aromatic rings. The van der Waals surface area contributed by atoms with Crippen LogP contribution in [0.15, 0.2) is 35.0 Å². The molecule has 1 aromatic heterocycles. The predicted molar refractivity (Wildman–Crippen MR) is 86.1 cm³/mol. The summed E-state index contributed by atoms with van der Waals surface area (Å²) in [6, 6.07) is 8.10. The maximum Gasteiger partial charge on any atom is 0.228 e. The van der Waals surface area contributed by atoms with Gasteiger partial charge >= 0.3 is 0 Å². The van der Waals surface area contributed by atoms with Crippen molar-refractivity contribution in [3.63, 3.8) is 0 Å². The summed E-state index contributed by atoms with van der Waals surface area (Å²) >= 11 is 0. The van der Waals surface area contributed by atoms with Gasteiger partial charge in [-0.2, -0.15) is 4.98 Å². The summed E-state index contributed by atoms with van der Waals surface area (Å²) in [4.78, 5) is 13.7. The summed E-state index contributed by atoms with van der Waals surface area (Å²) in [6.45, 7) is 5.32. The topological polar surface area (TPSA) is 63.3 Å². The van der Waals surface area contributed by atoms with Crippen LogP contribution in [-0.2, 0) is 6.54 Å². The minimum Gasteiger partial charge on any atom is -0.510 e. The maximum atomic E-state index is 9.78. The molecule has 3 rings (SSSR count). The first kappa shape index (κ1) is 14.5. The fraction of sp³-hybridized carbons (Fsp3) is 0.353. The number of rotatable bonds is 4. The molecule has 1 aromatic carbocycles.